The van der Waals surface area contributed by atoms with Crippen LogP contribution in [0.1, 0.15) is 5.56 Å². The first kappa shape index (κ1) is 14.7. The van der Waals surface area contributed by atoms with Crippen LogP contribution in [0.3, 0.4) is 0 Å². The number of hydrazine groups is 1. The Morgan fingerprint density at radius 2 is 1.32 bits per heavy atom. The second kappa shape index (κ2) is 7.69. The van der Waals surface area contributed by atoms with Crippen LogP contribution in [0.15, 0.2) is 94.7 Å². The monoisotopic (exact) mass is 306 g/mol. The van der Waals surface area contributed by atoms with Crippen LogP contribution in [-0.2, 0) is 6.54 Å². The second-order valence-electron chi connectivity index (χ2n) is 4.87. The quantitative estimate of drug-likeness (QED) is 0.630. The van der Waals surface area contributed by atoms with Gasteiger partial charge >= 0.3 is 0 Å². The average Bonchev–Trinajstić information content (AvgIpc) is 2.58. The van der Waals surface area contributed by atoms with Crippen LogP contribution < -0.4 is 10.9 Å². The van der Waals surface area contributed by atoms with E-state index in [-0.39, 0.29) is 0 Å². The summed E-state index contributed by atoms with van der Waals surface area (Å²) in [7, 11) is 0. The minimum atomic E-state index is 0.769. The molecule has 0 aromatic heterocycles. The normalized spacial score (nSPS) is 10.4. The van der Waals surface area contributed by atoms with Gasteiger partial charge < -0.3 is 5.43 Å². The van der Waals surface area contributed by atoms with E-state index in [1.807, 2.05) is 36.4 Å². The van der Waals surface area contributed by atoms with E-state index in [2.05, 4.69) is 59.4 Å². The molecule has 0 fully saturated rings. The lowest BCUT2D eigenvalue weighted by molar-refractivity contribution is 0.788. The fraction of sp³-hybridized carbons (Fsp3) is 0.0526. The Morgan fingerprint density at radius 1 is 0.682 bits per heavy atom. The molecule has 2 nitrogen and oxygen atoms in total. The van der Waals surface area contributed by atoms with Crippen LogP contribution >= 0.6 is 11.8 Å². The molecule has 0 spiro atoms. The summed E-state index contributed by atoms with van der Waals surface area (Å²) in [6.45, 7) is 0.769. The molecule has 0 unspecified atom stereocenters. The molecule has 2 N–H and O–H groups in total. The van der Waals surface area contributed by atoms with E-state index in [0.717, 1.165) is 12.2 Å². The van der Waals surface area contributed by atoms with Crippen LogP contribution in [0, 0.1) is 0 Å². The molecule has 22 heavy (non-hydrogen) atoms. The number of para-hydroxylation sites is 1. The lowest BCUT2D eigenvalue weighted by Gasteiger charge is -2.12. The highest BCUT2D eigenvalue weighted by Gasteiger charge is 2.03. The van der Waals surface area contributed by atoms with Crippen molar-refractivity contribution in [3.8, 4) is 0 Å². The minimum Gasteiger partial charge on any atom is -0.321 e. The highest BCUT2D eigenvalue weighted by Crippen LogP contribution is 2.30. The van der Waals surface area contributed by atoms with Crippen LogP contribution in [0.25, 0.3) is 0 Å². The third kappa shape index (κ3) is 4.13. The van der Waals surface area contributed by atoms with Crippen molar-refractivity contribution >= 4 is 17.4 Å². The average molecular weight is 306 g/mol. The first-order chi connectivity index (χ1) is 10.9. The van der Waals surface area contributed by atoms with E-state index in [1.165, 1.54) is 15.4 Å². The molecule has 0 aliphatic rings. The molecular weight excluding hydrogens is 288 g/mol. The van der Waals surface area contributed by atoms with Crippen molar-refractivity contribution in [3.05, 3.63) is 90.5 Å². The first-order valence-corrected chi connectivity index (χ1v) is 8.08. The van der Waals surface area contributed by atoms with Gasteiger partial charge in [-0.25, -0.2) is 5.43 Å². The fourth-order valence-corrected chi connectivity index (χ4v) is 3.09. The van der Waals surface area contributed by atoms with Gasteiger partial charge in [0.1, 0.15) is 0 Å². The highest BCUT2D eigenvalue weighted by atomic mass is 32.2. The molecule has 0 heterocycles. The summed E-state index contributed by atoms with van der Waals surface area (Å²) in [4.78, 5) is 2.53. The Balaban J connectivity index is 1.64. The van der Waals surface area contributed by atoms with Gasteiger partial charge in [-0.2, -0.15) is 0 Å². The number of rotatable bonds is 6. The van der Waals surface area contributed by atoms with Gasteiger partial charge in [0.25, 0.3) is 0 Å². The van der Waals surface area contributed by atoms with E-state index in [9.17, 15) is 0 Å². The fourth-order valence-electron chi connectivity index (χ4n) is 2.13. The maximum atomic E-state index is 3.28. The Morgan fingerprint density at radius 3 is 2.09 bits per heavy atom. The minimum absolute atomic E-state index is 0.769. The Hall–Kier alpha value is -2.23. The third-order valence-corrected chi connectivity index (χ3v) is 4.36. The number of benzene rings is 3. The third-order valence-electron chi connectivity index (χ3n) is 3.23. The molecular formula is C19H18N2S. The van der Waals surface area contributed by atoms with Gasteiger partial charge in [0, 0.05) is 22.0 Å². The molecule has 0 atom stereocenters. The van der Waals surface area contributed by atoms with Gasteiger partial charge in [0.05, 0.1) is 0 Å². The van der Waals surface area contributed by atoms with E-state index in [0.29, 0.717) is 0 Å². The molecule has 3 rings (SSSR count). The zero-order chi connectivity index (χ0) is 15.0. The molecule has 0 saturated heterocycles. The molecule has 0 aliphatic heterocycles. The maximum Gasteiger partial charge on any atom is 0.0487 e. The van der Waals surface area contributed by atoms with Crippen molar-refractivity contribution in [1.29, 1.82) is 0 Å². The van der Waals surface area contributed by atoms with E-state index < -0.39 is 0 Å². The molecule has 3 aromatic rings. The summed E-state index contributed by atoms with van der Waals surface area (Å²) < 4.78 is 0. The summed E-state index contributed by atoms with van der Waals surface area (Å²) in [6.07, 6.45) is 0. The van der Waals surface area contributed by atoms with Crippen molar-refractivity contribution in [2.75, 3.05) is 5.43 Å². The van der Waals surface area contributed by atoms with Gasteiger partial charge in [0.15, 0.2) is 0 Å². The van der Waals surface area contributed by atoms with Gasteiger partial charge in [0.2, 0.25) is 0 Å². The summed E-state index contributed by atoms with van der Waals surface area (Å²) in [5.41, 5.74) is 8.85. The van der Waals surface area contributed by atoms with Gasteiger partial charge in [-0.05, 0) is 35.9 Å². The van der Waals surface area contributed by atoms with Crippen LogP contribution in [0.4, 0.5) is 5.69 Å². The van der Waals surface area contributed by atoms with Crippen LogP contribution in [0.5, 0.6) is 0 Å². The molecule has 0 amide bonds. The zero-order valence-electron chi connectivity index (χ0n) is 12.2. The summed E-state index contributed by atoms with van der Waals surface area (Å²) in [6, 6.07) is 29.1. The van der Waals surface area contributed by atoms with Crippen molar-refractivity contribution < 1.29 is 0 Å². The van der Waals surface area contributed by atoms with Gasteiger partial charge in [-0.15, -0.1) is 0 Å². The topological polar surface area (TPSA) is 24.1 Å². The first-order valence-electron chi connectivity index (χ1n) is 7.26. The number of hydrogen-bond acceptors (Lipinski definition) is 3. The highest BCUT2D eigenvalue weighted by molar-refractivity contribution is 7.99. The predicted molar refractivity (Wildman–Crippen MR) is 93.9 cm³/mol. The van der Waals surface area contributed by atoms with Crippen LogP contribution in [-0.4, -0.2) is 0 Å². The SMILES string of the molecule is c1ccc(NNCc2ccccc2Sc2ccccc2)cc1. The smallest absolute Gasteiger partial charge is 0.0487 e. The van der Waals surface area contributed by atoms with Crippen molar-refractivity contribution in [1.82, 2.24) is 5.43 Å². The largest absolute Gasteiger partial charge is 0.321 e. The second-order valence-corrected chi connectivity index (χ2v) is 5.98. The molecule has 3 heteroatoms. The zero-order valence-corrected chi connectivity index (χ0v) is 13.0. The Bertz CT molecular complexity index is 699. The molecule has 110 valence electrons. The lowest BCUT2D eigenvalue weighted by atomic mass is 10.2. The van der Waals surface area contributed by atoms with Crippen LogP contribution in [0.2, 0.25) is 0 Å². The van der Waals surface area contributed by atoms with E-state index in [1.54, 1.807) is 11.8 Å². The van der Waals surface area contributed by atoms with E-state index in [4.69, 9.17) is 0 Å². The summed E-state index contributed by atoms with van der Waals surface area (Å²) in [5, 5.41) is 0. The number of nitrogens with one attached hydrogen (secondary N) is 2. The van der Waals surface area contributed by atoms with Crippen molar-refractivity contribution in [3.63, 3.8) is 0 Å². The standard InChI is InChI=1S/C19H18N2S/c1-3-10-17(11-4-1)21-20-15-16-9-7-8-14-19(16)22-18-12-5-2-6-13-18/h1-14,20-21H,15H2. The molecule has 0 bridgehead atoms. The molecule has 0 saturated carbocycles. The molecule has 3 aromatic carbocycles. The number of anilines is 1. The Labute approximate surface area is 135 Å². The summed E-state index contributed by atoms with van der Waals surface area (Å²) >= 11 is 1.79. The predicted octanol–water partition coefficient (Wildman–Crippen LogP) is 4.95. The summed E-state index contributed by atoms with van der Waals surface area (Å²) in [5.74, 6) is 0. The molecule has 0 aliphatic carbocycles. The van der Waals surface area contributed by atoms with E-state index >= 15 is 0 Å². The van der Waals surface area contributed by atoms with Crippen molar-refractivity contribution in [2.45, 2.75) is 16.3 Å². The van der Waals surface area contributed by atoms with Crippen molar-refractivity contribution in [2.24, 2.45) is 0 Å². The number of hydrogen-bond donors (Lipinski definition) is 2. The molecule has 0 radical (unpaired) electrons. The van der Waals surface area contributed by atoms with Gasteiger partial charge in [-0.3, -0.25) is 0 Å². The maximum absolute atomic E-state index is 3.28. The van der Waals surface area contributed by atoms with Gasteiger partial charge in [-0.1, -0.05) is 66.4 Å². The Kier molecular flexibility index (Phi) is 5.13. The lowest BCUT2D eigenvalue weighted by Crippen LogP contribution is -2.21.